The molecule has 0 radical (unpaired) electrons. The molecule has 3 heterocycles. The molecule has 5 aromatic rings. The first-order valence-electron chi connectivity index (χ1n) is 11.9. The molecule has 1 aliphatic heterocycles. The number of hydrogen-bond acceptors (Lipinski definition) is 5. The number of benzene rings is 3. The van der Waals surface area contributed by atoms with Crippen LogP contribution in [-0.2, 0) is 17.7 Å². The molecule has 1 atom stereocenters. The number of likely N-dealkylation sites (N-methyl/N-ethyl adjacent to an activating group) is 1. The van der Waals surface area contributed by atoms with Crippen molar-refractivity contribution >= 4 is 44.6 Å². The Morgan fingerprint density at radius 1 is 0.886 bits per heavy atom. The molecule has 6 heteroatoms. The van der Waals surface area contributed by atoms with E-state index in [1.165, 1.54) is 0 Å². The third kappa shape index (κ3) is 3.49. The van der Waals surface area contributed by atoms with Gasteiger partial charge in [0, 0.05) is 46.9 Å². The molecule has 35 heavy (non-hydrogen) atoms. The van der Waals surface area contributed by atoms with Crippen LogP contribution < -0.4 is 0 Å². The second kappa shape index (κ2) is 8.32. The van der Waals surface area contributed by atoms with Gasteiger partial charge in [-0.1, -0.05) is 54.6 Å². The Morgan fingerprint density at radius 3 is 2.17 bits per heavy atom. The van der Waals surface area contributed by atoms with E-state index in [9.17, 15) is 9.59 Å². The Balaban J connectivity index is 1.41. The van der Waals surface area contributed by atoms with Crippen molar-refractivity contribution in [3.8, 4) is 0 Å². The molecular formula is C29H25N3O3. The minimum atomic E-state index is -0.967. The van der Waals surface area contributed by atoms with E-state index in [-0.39, 0.29) is 5.91 Å². The number of fused-ring (bicyclic) bond motifs is 5. The summed E-state index contributed by atoms with van der Waals surface area (Å²) in [6, 6.07) is 23.2. The summed E-state index contributed by atoms with van der Waals surface area (Å²) in [6.07, 6.45) is -0.196. The van der Waals surface area contributed by atoms with E-state index in [1.807, 2.05) is 79.8 Å². The summed E-state index contributed by atoms with van der Waals surface area (Å²) in [5.74, 6) is -0.767. The molecule has 0 aliphatic carbocycles. The van der Waals surface area contributed by atoms with E-state index in [2.05, 4.69) is 4.90 Å². The zero-order valence-corrected chi connectivity index (χ0v) is 19.7. The Labute approximate surface area is 202 Å². The molecule has 0 spiro atoms. The highest BCUT2D eigenvalue weighted by Gasteiger charge is 2.29. The van der Waals surface area contributed by atoms with E-state index in [0.29, 0.717) is 12.1 Å². The fourth-order valence-corrected chi connectivity index (χ4v) is 5.17. The molecule has 0 amide bonds. The lowest BCUT2D eigenvalue weighted by Crippen LogP contribution is -2.32. The van der Waals surface area contributed by atoms with E-state index in [4.69, 9.17) is 9.72 Å². The topological polar surface area (TPSA) is 64.4 Å². The van der Waals surface area contributed by atoms with Crippen LogP contribution in [0.25, 0.3) is 32.7 Å². The van der Waals surface area contributed by atoms with Crippen LogP contribution in [0.4, 0.5) is 0 Å². The van der Waals surface area contributed by atoms with Crippen LogP contribution in [0.2, 0.25) is 0 Å². The predicted molar refractivity (Wildman–Crippen MR) is 137 cm³/mol. The molecule has 1 aliphatic rings. The molecule has 6 rings (SSSR count). The smallest absolute Gasteiger partial charge is 0.339 e. The number of carbonyl (C=O) groups excluding carboxylic acids is 2. The molecule has 174 valence electrons. The third-order valence-corrected chi connectivity index (χ3v) is 6.87. The van der Waals surface area contributed by atoms with Crippen LogP contribution in [0, 0.1) is 0 Å². The van der Waals surface area contributed by atoms with Crippen LogP contribution in [0.5, 0.6) is 0 Å². The normalized spacial score (nSPS) is 14.8. The van der Waals surface area contributed by atoms with E-state index >= 15 is 0 Å². The maximum absolute atomic E-state index is 13.7. The highest BCUT2D eigenvalue weighted by molar-refractivity contribution is 6.14. The average molecular weight is 464 g/mol. The highest BCUT2D eigenvalue weighted by Crippen LogP contribution is 2.31. The number of carbonyl (C=O) groups is 2. The number of rotatable bonds is 3. The number of hydrogen-bond donors (Lipinski definition) is 0. The van der Waals surface area contributed by atoms with Crippen molar-refractivity contribution in [1.82, 2.24) is 14.5 Å². The number of ether oxygens (including phenoxy) is 1. The first-order chi connectivity index (χ1) is 17.0. The van der Waals surface area contributed by atoms with Crippen molar-refractivity contribution in [3.05, 3.63) is 89.6 Å². The van der Waals surface area contributed by atoms with E-state index in [1.54, 1.807) is 11.5 Å². The van der Waals surface area contributed by atoms with Crippen molar-refractivity contribution < 1.29 is 14.3 Å². The zero-order chi connectivity index (χ0) is 24.1. The number of aromatic nitrogens is 2. The quantitative estimate of drug-likeness (QED) is 0.344. The summed E-state index contributed by atoms with van der Waals surface area (Å²) in [6.45, 7) is 3.15. The molecule has 0 fully saturated rings. The minimum Gasteiger partial charge on any atom is -0.449 e. The Kier molecular flexibility index (Phi) is 5.11. The second-order valence-corrected chi connectivity index (χ2v) is 9.17. The van der Waals surface area contributed by atoms with Crippen molar-refractivity contribution in [3.63, 3.8) is 0 Å². The average Bonchev–Trinajstić information content (AvgIpc) is 3.21. The van der Waals surface area contributed by atoms with Crippen LogP contribution >= 0.6 is 0 Å². The summed E-state index contributed by atoms with van der Waals surface area (Å²) in [5.41, 5.74) is 4.70. The number of para-hydroxylation sites is 3. The van der Waals surface area contributed by atoms with Gasteiger partial charge in [-0.25, -0.2) is 4.79 Å². The third-order valence-electron chi connectivity index (χ3n) is 6.87. The molecule has 0 saturated carbocycles. The molecule has 2 aromatic heterocycles. The summed E-state index contributed by atoms with van der Waals surface area (Å²) < 4.78 is 7.54. The SMILES string of the molecule is CC(OC(=O)c1c2c(nc3ccccc13)CCN(C)C2)C(=O)n1c2ccccc2c2ccccc21. The summed E-state index contributed by atoms with van der Waals surface area (Å²) in [4.78, 5) is 34.3. The lowest BCUT2D eigenvalue weighted by Gasteiger charge is -2.27. The molecule has 0 bridgehead atoms. The van der Waals surface area contributed by atoms with Gasteiger partial charge in [0.1, 0.15) is 0 Å². The fraction of sp³-hybridized carbons (Fsp3) is 0.207. The van der Waals surface area contributed by atoms with Crippen molar-refractivity contribution in [1.29, 1.82) is 0 Å². The highest BCUT2D eigenvalue weighted by atomic mass is 16.5. The van der Waals surface area contributed by atoms with E-state index < -0.39 is 12.1 Å². The van der Waals surface area contributed by atoms with Gasteiger partial charge in [-0.05, 0) is 32.2 Å². The zero-order valence-electron chi connectivity index (χ0n) is 19.7. The van der Waals surface area contributed by atoms with Crippen LogP contribution in [-0.4, -0.2) is 46.0 Å². The number of nitrogens with zero attached hydrogens (tertiary/aromatic N) is 3. The lowest BCUT2D eigenvalue weighted by atomic mass is 9.96. The summed E-state index contributed by atoms with van der Waals surface area (Å²) >= 11 is 0. The van der Waals surface area contributed by atoms with Crippen molar-refractivity contribution in [2.75, 3.05) is 13.6 Å². The fourth-order valence-electron chi connectivity index (χ4n) is 5.17. The first-order valence-corrected chi connectivity index (χ1v) is 11.9. The van der Waals surface area contributed by atoms with Gasteiger partial charge >= 0.3 is 5.97 Å². The lowest BCUT2D eigenvalue weighted by molar-refractivity contribution is 0.0288. The van der Waals surface area contributed by atoms with Gasteiger partial charge in [0.15, 0.2) is 6.10 Å². The van der Waals surface area contributed by atoms with Gasteiger partial charge in [-0.15, -0.1) is 0 Å². The van der Waals surface area contributed by atoms with Crippen molar-refractivity contribution in [2.24, 2.45) is 0 Å². The monoisotopic (exact) mass is 463 g/mol. The Bertz CT molecular complexity index is 1580. The van der Waals surface area contributed by atoms with Gasteiger partial charge in [-0.3, -0.25) is 14.3 Å². The summed E-state index contributed by atoms with van der Waals surface area (Å²) in [7, 11) is 2.03. The second-order valence-electron chi connectivity index (χ2n) is 9.17. The summed E-state index contributed by atoms with van der Waals surface area (Å²) in [5, 5.41) is 2.74. The predicted octanol–water partition coefficient (Wildman–Crippen LogP) is 5.22. The minimum absolute atomic E-state index is 0.278. The molecular weight excluding hydrogens is 438 g/mol. The van der Waals surface area contributed by atoms with Crippen LogP contribution in [0.3, 0.4) is 0 Å². The number of esters is 1. The van der Waals surface area contributed by atoms with Crippen LogP contribution in [0.15, 0.2) is 72.8 Å². The molecule has 1 unspecified atom stereocenters. The largest absolute Gasteiger partial charge is 0.449 e. The van der Waals surface area contributed by atoms with E-state index in [0.717, 1.165) is 56.9 Å². The Morgan fingerprint density at radius 2 is 1.49 bits per heavy atom. The number of pyridine rings is 1. The first kappa shape index (κ1) is 21.5. The molecule has 0 saturated heterocycles. The molecule has 0 N–H and O–H groups in total. The molecule has 6 nitrogen and oxygen atoms in total. The van der Waals surface area contributed by atoms with Crippen molar-refractivity contribution in [2.45, 2.75) is 26.0 Å². The van der Waals surface area contributed by atoms with Gasteiger partial charge in [0.25, 0.3) is 5.91 Å². The van der Waals surface area contributed by atoms with Crippen LogP contribution in [0.1, 0.15) is 33.3 Å². The van der Waals surface area contributed by atoms with Gasteiger partial charge < -0.3 is 9.64 Å². The Hall–Kier alpha value is -4.03. The van der Waals surface area contributed by atoms with Gasteiger partial charge in [0.05, 0.1) is 22.1 Å². The van der Waals surface area contributed by atoms with Gasteiger partial charge in [0.2, 0.25) is 0 Å². The van der Waals surface area contributed by atoms with Gasteiger partial charge in [-0.2, -0.15) is 0 Å². The standard InChI is InChI=1S/C29H25N3O3/c1-18(28(33)32-25-13-7-4-9-19(25)20-10-5-8-14-26(20)32)35-29(34)27-21-11-3-6-12-23(21)30-24-15-16-31(2)17-22(24)27/h3-14,18H,15-17H2,1-2H3. The molecule has 3 aromatic carbocycles. The maximum atomic E-state index is 13.7. The maximum Gasteiger partial charge on any atom is 0.339 e.